The first-order valence-corrected chi connectivity index (χ1v) is 6.72. The topological polar surface area (TPSA) is 48.0 Å². The second kappa shape index (κ2) is 6.13. The van der Waals surface area contributed by atoms with Crippen LogP contribution in [0.2, 0.25) is 0 Å². The SMILES string of the molecule is COc1ccc(C(=O)N2C[C@@H](C)O[C@@H](C)C2)c(OC)c1. The summed E-state index contributed by atoms with van der Waals surface area (Å²) >= 11 is 0. The van der Waals surface area contributed by atoms with E-state index in [0.29, 0.717) is 30.2 Å². The maximum Gasteiger partial charge on any atom is 0.257 e. The number of carbonyl (C=O) groups excluding carboxylic acids is 1. The number of methoxy groups -OCH3 is 2. The third-order valence-electron chi connectivity index (χ3n) is 3.35. The first-order chi connectivity index (χ1) is 9.55. The molecule has 0 radical (unpaired) electrons. The van der Waals surface area contributed by atoms with Crippen molar-refractivity contribution in [3.63, 3.8) is 0 Å². The number of benzene rings is 1. The number of rotatable bonds is 3. The fourth-order valence-corrected chi connectivity index (χ4v) is 2.49. The van der Waals surface area contributed by atoms with Crippen molar-refractivity contribution in [3.8, 4) is 11.5 Å². The predicted molar refractivity (Wildman–Crippen MR) is 75.5 cm³/mol. The van der Waals surface area contributed by atoms with E-state index in [-0.39, 0.29) is 18.1 Å². The van der Waals surface area contributed by atoms with Gasteiger partial charge in [0, 0.05) is 19.2 Å². The van der Waals surface area contributed by atoms with Crippen LogP contribution in [0.4, 0.5) is 0 Å². The molecule has 0 spiro atoms. The number of carbonyl (C=O) groups is 1. The minimum Gasteiger partial charge on any atom is -0.497 e. The van der Waals surface area contributed by atoms with Crippen molar-refractivity contribution in [1.29, 1.82) is 0 Å². The van der Waals surface area contributed by atoms with Gasteiger partial charge in [0.2, 0.25) is 0 Å². The molecular weight excluding hydrogens is 258 g/mol. The Bertz CT molecular complexity index is 479. The molecule has 20 heavy (non-hydrogen) atoms. The van der Waals surface area contributed by atoms with E-state index in [4.69, 9.17) is 14.2 Å². The van der Waals surface area contributed by atoms with Crippen LogP contribution < -0.4 is 9.47 Å². The second-order valence-corrected chi connectivity index (χ2v) is 5.03. The summed E-state index contributed by atoms with van der Waals surface area (Å²) in [5.74, 6) is 1.16. The van der Waals surface area contributed by atoms with Gasteiger partial charge in [-0.25, -0.2) is 0 Å². The molecule has 1 fully saturated rings. The van der Waals surface area contributed by atoms with Crippen molar-refractivity contribution < 1.29 is 19.0 Å². The van der Waals surface area contributed by atoms with Crippen LogP contribution in [0.1, 0.15) is 24.2 Å². The molecule has 1 heterocycles. The Hall–Kier alpha value is -1.75. The highest BCUT2D eigenvalue weighted by molar-refractivity contribution is 5.97. The van der Waals surface area contributed by atoms with Crippen molar-refractivity contribution in [2.45, 2.75) is 26.1 Å². The maximum atomic E-state index is 12.6. The van der Waals surface area contributed by atoms with E-state index >= 15 is 0 Å². The lowest BCUT2D eigenvalue weighted by molar-refractivity contribution is -0.0586. The van der Waals surface area contributed by atoms with Crippen LogP contribution in [0.25, 0.3) is 0 Å². The minimum atomic E-state index is -0.0356. The van der Waals surface area contributed by atoms with Crippen molar-refractivity contribution in [1.82, 2.24) is 4.90 Å². The van der Waals surface area contributed by atoms with E-state index < -0.39 is 0 Å². The fraction of sp³-hybridized carbons (Fsp3) is 0.533. The molecule has 1 aliphatic rings. The van der Waals surface area contributed by atoms with Crippen LogP contribution in [0, 0.1) is 0 Å². The largest absolute Gasteiger partial charge is 0.497 e. The monoisotopic (exact) mass is 279 g/mol. The number of hydrogen-bond donors (Lipinski definition) is 0. The number of hydrogen-bond acceptors (Lipinski definition) is 4. The van der Waals surface area contributed by atoms with Crippen LogP contribution in [-0.4, -0.2) is 50.3 Å². The first kappa shape index (κ1) is 14.7. The van der Waals surface area contributed by atoms with E-state index in [1.807, 2.05) is 18.7 Å². The zero-order valence-corrected chi connectivity index (χ0v) is 12.4. The summed E-state index contributed by atoms with van der Waals surface area (Å²) in [4.78, 5) is 14.4. The van der Waals surface area contributed by atoms with Crippen LogP contribution >= 0.6 is 0 Å². The highest BCUT2D eigenvalue weighted by atomic mass is 16.5. The zero-order valence-electron chi connectivity index (χ0n) is 12.4. The van der Waals surface area contributed by atoms with Gasteiger partial charge in [-0.3, -0.25) is 4.79 Å². The van der Waals surface area contributed by atoms with Crippen LogP contribution in [0.5, 0.6) is 11.5 Å². The number of nitrogens with zero attached hydrogens (tertiary/aromatic N) is 1. The molecule has 5 heteroatoms. The molecular formula is C15H21NO4. The number of amides is 1. The third kappa shape index (κ3) is 3.04. The average molecular weight is 279 g/mol. The molecule has 1 aromatic carbocycles. The van der Waals surface area contributed by atoms with Crippen molar-refractivity contribution in [2.24, 2.45) is 0 Å². The van der Waals surface area contributed by atoms with Gasteiger partial charge in [0.25, 0.3) is 5.91 Å². The molecule has 0 unspecified atom stereocenters. The maximum absolute atomic E-state index is 12.6. The minimum absolute atomic E-state index is 0.0356. The van der Waals surface area contributed by atoms with Crippen LogP contribution in [0.3, 0.4) is 0 Å². The molecule has 1 amide bonds. The Labute approximate surface area is 119 Å². The summed E-state index contributed by atoms with van der Waals surface area (Å²) in [7, 11) is 3.14. The Balaban J connectivity index is 2.24. The molecule has 0 aromatic heterocycles. The molecule has 0 saturated carbocycles. The molecule has 0 aliphatic carbocycles. The lowest BCUT2D eigenvalue weighted by Gasteiger charge is -2.35. The Morgan fingerprint density at radius 1 is 1.20 bits per heavy atom. The Morgan fingerprint density at radius 2 is 1.85 bits per heavy atom. The number of morpholine rings is 1. The van der Waals surface area contributed by atoms with Gasteiger partial charge in [-0.1, -0.05) is 0 Å². The molecule has 1 aromatic rings. The first-order valence-electron chi connectivity index (χ1n) is 6.72. The van der Waals surface area contributed by atoms with Crippen molar-refractivity contribution in [3.05, 3.63) is 23.8 Å². The smallest absolute Gasteiger partial charge is 0.257 e. The van der Waals surface area contributed by atoms with E-state index in [0.717, 1.165) is 0 Å². The normalized spacial score (nSPS) is 22.5. The number of ether oxygens (including phenoxy) is 3. The molecule has 110 valence electrons. The van der Waals surface area contributed by atoms with Gasteiger partial charge in [0.15, 0.2) is 0 Å². The van der Waals surface area contributed by atoms with Gasteiger partial charge in [0.1, 0.15) is 11.5 Å². The third-order valence-corrected chi connectivity index (χ3v) is 3.35. The van der Waals surface area contributed by atoms with Crippen LogP contribution in [0.15, 0.2) is 18.2 Å². The van der Waals surface area contributed by atoms with Crippen molar-refractivity contribution >= 4 is 5.91 Å². The average Bonchev–Trinajstić information content (AvgIpc) is 2.44. The molecule has 2 atom stereocenters. The Kier molecular flexibility index (Phi) is 4.49. The molecule has 5 nitrogen and oxygen atoms in total. The van der Waals surface area contributed by atoms with E-state index in [2.05, 4.69) is 0 Å². The van der Waals surface area contributed by atoms with Gasteiger partial charge in [-0.15, -0.1) is 0 Å². The second-order valence-electron chi connectivity index (χ2n) is 5.03. The molecule has 0 N–H and O–H groups in total. The molecule has 1 saturated heterocycles. The standard InChI is InChI=1S/C15H21NO4/c1-10-8-16(9-11(2)20-10)15(17)13-6-5-12(18-3)7-14(13)19-4/h5-7,10-11H,8-9H2,1-4H3/t10-,11+. The van der Waals surface area contributed by atoms with Gasteiger partial charge in [-0.05, 0) is 26.0 Å². The lowest BCUT2D eigenvalue weighted by atomic mass is 10.1. The zero-order chi connectivity index (χ0) is 14.7. The highest BCUT2D eigenvalue weighted by Crippen LogP contribution is 2.26. The van der Waals surface area contributed by atoms with Gasteiger partial charge >= 0.3 is 0 Å². The summed E-state index contributed by atoms with van der Waals surface area (Å²) in [6.45, 7) is 5.14. The van der Waals surface area contributed by atoms with Gasteiger partial charge in [0.05, 0.1) is 32.0 Å². The van der Waals surface area contributed by atoms with Gasteiger partial charge < -0.3 is 19.1 Å². The van der Waals surface area contributed by atoms with Gasteiger partial charge in [-0.2, -0.15) is 0 Å². The Morgan fingerprint density at radius 3 is 2.40 bits per heavy atom. The summed E-state index contributed by atoms with van der Waals surface area (Å²) in [6, 6.07) is 5.23. The highest BCUT2D eigenvalue weighted by Gasteiger charge is 2.28. The van der Waals surface area contributed by atoms with E-state index in [1.165, 1.54) is 0 Å². The van der Waals surface area contributed by atoms with Crippen LogP contribution in [-0.2, 0) is 4.74 Å². The lowest BCUT2D eigenvalue weighted by Crippen LogP contribution is -2.48. The molecule has 2 rings (SSSR count). The summed E-state index contributed by atoms with van der Waals surface area (Å²) in [6.07, 6.45) is 0.0962. The fourth-order valence-electron chi connectivity index (χ4n) is 2.49. The molecule has 1 aliphatic heterocycles. The quantitative estimate of drug-likeness (QED) is 0.848. The van der Waals surface area contributed by atoms with Crippen molar-refractivity contribution in [2.75, 3.05) is 27.3 Å². The molecule has 0 bridgehead atoms. The summed E-state index contributed by atoms with van der Waals surface area (Å²) < 4.78 is 16.1. The summed E-state index contributed by atoms with van der Waals surface area (Å²) in [5, 5.41) is 0. The van der Waals surface area contributed by atoms with E-state index in [9.17, 15) is 4.79 Å². The predicted octanol–water partition coefficient (Wildman–Crippen LogP) is 1.95. The summed E-state index contributed by atoms with van der Waals surface area (Å²) in [5.41, 5.74) is 0.551. The van der Waals surface area contributed by atoms with E-state index in [1.54, 1.807) is 32.4 Å².